The Morgan fingerprint density at radius 2 is 1.66 bits per heavy atom. The van der Waals surface area contributed by atoms with Gasteiger partial charge in [0.25, 0.3) is 23.2 Å². The van der Waals surface area contributed by atoms with Crippen molar-refractivity contribution in [1.29, 1.82) is 0 Å². The predicted octanol–water partition coefficient (Wildman–Crippen LogP) is 4.11. The van der Waals surface area contributed by atoms with Gasteiger partial charge < -0.3 is 15.0 Å². The number of carbonyl (C=O) groups is 2. The summed E-state index contributed by atoms with van der Waals surface area (Å²) in [5, 5.41) is 24.8. The molecular formula is C24H20N4O7. The fraction of sp³-hybridized carbons (Fsp3) is 0.167. The fourth-order valence-corrected chi connectivity index (χ4v) is 3.74. The molecule has 0 radical (unpaired) electrons. The van der Waals surface area contributed by atoms with Gasteiger partial charge in [0.15, 0.2) is 6.10 Å². The van der Waals surface area contributed by atoms with Crippen molar-refractivity contribution in [3.8, 4) is 5.75 Å². The van der Waals surface area contributed by atoms with E-state index < -0.39 is 33.2 Å². The Morgan fingerprint density at radius 1 is 1.00 bits per heavy atom. The molecule has 1 N–H and O–H groups in total. The number of ether oxygens (including phenoxy) is 1. The number of hydrogen-bond acceptors (Lipinski definition) is 7. The van der Waals surface area contributed by atoms with Crippen molar-refractivity contribution < 1.29 is 24.2 Å². The maximum atomic E-state index is 12.8. The Labute approximate surface area is 199 Å². The first-order valence-corrected chi connectivity index (χ1v) is 10.6. The number of nitro benzene ring substituents is 2. The second-order valence-electron chi connectivity index (χ2n) is 7.87. The molecule has 11 heteroatoms. The van der Waals surface area contributed by atoms with Crippen molar-refractivity contribution >= 4 is 34.6 Å². The molecule has 35 heavy (non-hydrogen) atoms. The number of benzene rings is 3. The van der Waals surface area contributed by atoms with Crippen molar-refractivity contribution in [2.24, 2.45) is 0 Å². The van der Waals surface area contributed by atoms with Gasteiger partial charge in [-0.1, -0.05) is 30.3 Å². The lowest BCUT2D eigenvalue weighted by Crippen LogP contribution is -2.45. The van der Waals surface area contributed by atoms with Crippen molar-refractivity contribution in [2.75, 3.05) is 16.8 Å². The van der Waals surface area contributed by atoms with Crippen LogP contribution in [0.4, 0.5) is 22.7 Å². The van der Waals surface area contributed by atoms with E-state index in [1.165, 1.54) is 6.07 Å². The van der Waals surface area contributed by atoms with Crippen molar-refractivity contribution in [1.82, 2.24) is 0 Å². The summed E-state index contributed by atoms with van der Waals surface area (Å²) >= 11 is 0. The van der Waals surface area contributed by atoms with E-state index in [-0.39, 0.29) is 11.5 Å². The summed E-state index contributed by atoms with van der Waals surface area (Å²) in [6.45, 7) is 2.07. The monoisotopic (exact) mass is 476 g/mol. The van der Waals surface area contributed by atoms with Crippen LogP contribution in [-0.2, 0) is 11.2 Å². The zero-order valence-corrected chi connectivity index (χ0v) is 18.5. The van der Waals surface area contributed by atoms with Crippen LogP contribution in [0, 0.1) is 20.2 Å². The normalized spacial score (nSPS) is 14.6. The van der Waals surface area contributed by atoms with Crippen LogP contribution in [0.5, 0.6) is 5.75 Å². The lowest BCUT2D eigenvalue weighted by atomic mass is 10.1. The first-order valence-electron chi connectivity index (χ1n) is 10.6. The summed E-state index contributed by atoms with van der Waals surface area (Å²) in [6, 6.07) is 17.2. The van der Waals surface area contributed by atoms with Crippen LogP contribution in [-0.4, -0.2) is 34.3 Å². The minimum absolute atomic E-state index is 0.186. The SMILES string of the molecule is CC1Oc2cc(NC(=O)c3cc([N+](=O)[O-])cc([N+](=O)[O-])c3)ccc2N(CCc2ccccc2)C1=O. The van der Waals surface area contributed by atoms with Crippen molar-refractivity contribution in [3.63, 3.8) is 0 Å². The zero-order chi connectivity index (χ0) is 25.1. The molecule has 1 aliphatic heterocycles. The molecule has 0 aromatic heterocycles. The second kappa shape index (κ2) is 9.59. The molecule has 0 spiro atoms. The van der Waals surface area contributed by atoms with Crippen LogP contribution >= 0.6 is 0 Å². The van der Waals surface area contributed by atoms with E-state index in [9.17, 15) is 29.8 Å². The van der Waals surface area contributed by atoms with E-state index >= 15 is 0 Å². The number of carbonyl (C=O) groups excluding carboxylic acids is 2. The summed E-state index contributed by atoms with van der Waals surface area (Å²) in [7, 11) is 0. The summed E-state index contributed by atoms with van der Waals surface area (Å²) in [6.07, 6.45) is -0.0911. The first-order chi connectivity index (χ1) is 16.7. The number of amides is 2. The Bertz CT molecular complexity index is 1290. The number of nitrogens with one attached hydrogen (secondary N) is 1. The summed E-state index contributed by atoms with van der Waals surface area (Å²) in [5.74, 6) is -0.570. The summed E-state index contributed by atoms with van der Waals surface area (Å²) in [4.78, 5) is 47.7. The van der Waals surface area contributed by atoms with Gasteiger partial charge in [-0.25, -0.2) is 0 Å². The Balaban J connectivity index is 1.57. The number of hydrogen-bond donors (Lipinski definition) is 1. The topological polar surface area (TPSA) is 145 Å². The van der Waals surface area contributed by atoms with Gasteiger partial charge in [0.1, 0.15) is 5.75 Å². The van der Waals surface area contributed by atoms with Gasteiger partial charge in [0.2, 0.25) is 0 Å². The number of fused-ring (bicyclic) bond motifs is 1. The zero-order valence-electron chi connectivity index (χ0n) is 18.5. The maximum absolute atomic E-state index is 12.8. The first kappa shape index (κ1) is 23.4. The van der Waals surface area contributed by atoms with Gasteiger partial charge in [0, 0.05) is 30.4 Å². The average molecular weight is 476 g/mol. The maximum Gasteiger partial charge on any atom is 0.277 e. The molecule has 3 aromatic rings. The minimum Gasteiger partial charge on any atom is -0.479 e. The molecule has 1 atom stereocenters. The lowest BCUT2D eigenvalue weighted by molar-refractivity contribution is -0.394. The number of rotatable bonds is 7. The quantitative estimate of drug-likeness (QED) is 0.399. The van der Waals surface area contributed by atoms with E-state index in [1.54, 1.807) is 24.0 Å². The van der Waals surface area contributed by atoms with Crippen LogP contribution in [0.2, 0.25) is 0 Å². The molecule has 178 valence electrons. The average Bonchev–Trinajstić information content (AvgIpc) is 2.84. The lowest BCUT2D eigenvalue weighted by Gasteiger charge is -2.33. The Morgan fingerprint density at radius 3 is 2.29 bits per heavy atom. The molecule has 0 saturated heterocycles. The third-order valence-electron chi connectivity index (χ3n) is 5.48. The highest BCUT2D eigenvalue weighted by Gasteiger charge is 2.31. The molecule has 0 bridgehead atoms. The Kier molecular flexibility index (Phi) is 6.40. The molecule has 2 amide bonds. The van der Waals surface area contributed by atoms with Crippen molar-refractivity contribution in [3.05, 3.63) is 98.1 Å². The molecule has 1 heterocycles. The number of anilines is 2. The minimum atomic E-state index is -0.807. The van der Waals surface area contributed by atoms with Gasteiger partial charge >= 0.3 is 0 Å². The third kappa shape index (κ3) is 5.08. The van der Waals surface area contributed by atoms with Crippen LogP contribution in [0.15, 0.2) is 66.7 Å². The molecule has 11 nitrogen and oxygen atoms in total. The van der Waals surface area contributed by atoms with Crippen LogP contribution in [0.3, 0.4) is 0 Å². The summed E-state index contributed by atoms with van der Waals surface area (Å²) in [5.41, 5.74) is 0.549. The van der Waals surface area contributed by atoms with Gasteiger partial charge in [-0.2, -0.15) is 0 Å². The van der Waals surface area contributed by atoms with E-state index in [2.05, 4.69) is 5.32 Å². The van der Waals surface area contributed by atoms with E-state index in [0.717, 1.165) is 23.8 Å². The third-order valence-corrected chi connectivity index (χ3v) is 5.48. The van der Waals surface area contributed by atoms with Crippen LogP contribution in [0.1, 0.15) is 22.8 Å². The van der Waals surface area contributed by atoms with E-state index in [0.29, 0.717) is 30.1 Å². The molecular weight excluding hydrogens is 456 g/mol. The molecule has 3 aromatic carbocycles. The van der Waals surface area contributed by atoms with Crippen molar-refractivity contribution in [2.45, 2.75) is 19.4 Å². The Hall–Kier alpha value is -4.80. The molecule has 1 unspecified atom stereocenters. The van der Waals surface area contributed by atoms with Gasteiger partial charge in [-0.15, -0.1) is 0 Å². The highest BCUT2D eigenvalue weighted by atomic mass is 16.6. The van der Waals surface area contributed by atoms with Gasteiger partial charge in [-0.05, 0) is 31.0 Å². The largest absolute Gasteiger partial charge is 0.479 e. The van der Waals surface area contributed by atoms with Gasteiger partial charge in [0.05, 0.1) is 27.2 Å². The smallest absolute Gasteiger partial charge is 0.277 e. The van der Waals surface area contributed by atoms with Gasteiger partial charge in [-0.3, -0.25) is 29.8 Å². The van der Waals surface area contributed by atoms with Crippen LogP contribution < -0.4 is 15.0 Å². The summed E-state index contributed by atoms with van der Waals surface area (Å²) < 4.78 is 5.73. The molecule has 1 aliphatic rings. The fourth-order valence-electron chi connectivity index (χ4n) is 3.74. The van der Waals surface area contributed by atoms with Crippen LogP contribution in [0.25, 0.3) is 0 Å². The van der Waals surface area contributed by atoms with E-state index in [4.69, 9.17) is 4.74 Å². The highest BCUT2D eigenvalue weighted by molar-refractivity contribution is 6.06. The second-order valence-corrected chi connectivity index (χ2v) is 7.87. The standard InChI is InChI=1S/C24H20N4O7/c1-15-24(30)26(10-9-16-5-3-2-4-6-16)21-8-7-18(13-22(21)35-15)25-23(29)17-11-19(27(31)32)14-20(12-17)28(33)34/h2-8,11-15H,9-10H2,1H3,(H,25,29). The number of nitrogens with zero attached hydrogens (tertiary/aromatic N) is 3. The predicted molar refractivity (Wildman–Crippen MR) is 127 cm³/mol. The molecule has 4 rings (SSSR count). The highest BCUT2D eigenvalue weighted by Crippen LogP contribution is 2.36. The number of non-ortho nitro benzene ring substituents is 2. The number of nitro groups is 2. The van der Waals surface area contributed by atoms with E-state index in [1.807, 2.05) is 30.3 Å². The molecule has 0 aliphatic carbocycles. The molecule has 0 fully saturated rings. The molecule has 0 saturated carbocycles.